The molecular formula is C20H21BrN6O6. The fourth-order valence-electron chi connectivity index (χ4n) is 2.85. The van der Waals surface area contributed by atoms with E-state index in [1.807, 2.05) is 6.07 Å². The molecule has 13 heteroatoms. The third-order valence-corrected chi connectivity index (χ3v) is 5.28. The van der Waals surface area contributed by atoms with E-state index in [2.05, 4.69) is 41.5 Å². The second kappa shape index (κ2) is 11.2. The van der Waals surface area contributed by atoms with Crippen molar-refractivity contribution in [1.82, 2.24) is 20.9 Å². The van der Waals surface area contributed by atoms with Crippen molar-refractivity contribution in [3.63, 3.8) is 0 Å². The lowest BCUT2D eigenvalue weighted by atomic mass is 10.1. The van der Waals surface area contributed by atoms with Crippen molar-refractivity contribution in [3.05, 3.63) is 67.8 Å². The zero-order chi connectivity index (χ0) is 23.8. The molecule has 2 aromatic carbocycles. The number of halogens is 1. The van der Waals surface area contributed by atoms with Gasteiger partial charge in [-0.2, -0.15) is 0 Å². The number of hydrogen-bond acceptors (Lipinski definition) is 10. The first-order valence-electron chi connectivity index (χ1n) is 9.69. The fraction of sp³-hybridized carbons (Fsp3) is 0.250. The van der Waals surface area contributed by atoms with Crippen LogP contribution in [-0.2, 0) is 13.2 Å². The second-order valence-corrected chi connectivity index (χ2v) is 7.55. The molecule has 0 bridgehead atoms. The zero-order valence-electron chi connectivity index (χ0n) is 17.5. The summed E-state index contributed by atoms with van der Waals surface area (Å²) in [6, 6.07) is 9.75. The number of nitrogen functional groups attached to an aromatic ring is 1. The summed E-state index contributed by atoms with van der Waals surface area (Å²) < 4.78 is 16.7. The summed E-state index contributed by atoms with van der Waals surface area (Å²) in [5, 5.41) is 23.5. The van der Waals surface area contributed by atoms with Crippen molar-refractivity contribution < 1.29 is 23.8 Å². The summed E-state index contributed by atoms with van der Waals surface area (Å²) >= 11 is 3.53. The minimum absolute atomic E-state index is 0.0123. The molecule has 0 saturated heterocycles. The largest absolute Gasteiger partial charge is 0.493 e. The molecule has 1 heterocycles. The Hall–Kier alpha value is -3.71. The van der Waals surface area contributed by atoms with E-state index < -0.39 is 10.8 Å². The topological polar surface area (TPSA) is 168 Å². The van der Waals surface area contributed by atoms with E-state index in [4.69, 9.17) is 15.2 Å². The third kappa shape index (κ3) is 6.17. The van der Waals surface area contributed by atoms with E-state index in [-0.39, 0.29) is 23.8 Å². The summed E-state index contributed by atoms with van der Waals surface area (Å²) in [6.07, 6.45) is 0. The van der Waals surface area contributed by atoms with E-state index in [1.54, 1.807) is 25.3 Å². The maximum atomic E-state index is 12.0. The Morgan fingerprint density at radius 3 is 2.61 bits per heavy atom. The number of anilines is 1. The van der Waals surface area contributed by atoms with Gasteiger partial charge in [0.05, 0.1) is 12.0 Å². The average Bonchev–Trinajstić information content (AvgIpc) is 3.24. The number of carbonyl (C=O) groups excluding carboxylic acids is 1. The molecule has 0 aliphatic rings. The van der Waals surface area contributed by atoms with E-state index in [0.29, 0.717) is 31.1 Å². The first kappa shape index (κ1) is 23.9. The molecule has 3 aromatic rings. The van der Waals surface area contributed by atoms with Gasteiger partial charge in [-0.15, -0.1) is 0 Å². The van der Waals surface area contributed by atoms with Crippen LogP contribution in [0.4, 0.5) is 11.5 Å². The van der Waals surface area contributed by atoms with Crippen LogP contribution in [-0.4, -0.2) is 41.3 Å². The van der Waals surface area contributed by atoms with Gasteiger partial charge < -0.3 is 25.8 Å². The molecule has 174 valence electrons. The molecule has 0 aliphatic heterocycles. The molecule has 0 radical (unpaired) electrons. The molecule has 0 atom stereocenters. The Morgan fingerprint density at radius 1 is 1.21 bits per heavy atom. The van der Waals surface area contributed by atoms with Gasteiger partial charge in [0.15, 0.2) is 11.5 Å². The summed E-state index contributed by atoms with van der Waals surface area (Å²) in [4.78, 5) is 22.3. The molecule has 0 unspecified atom stereocenters. The summed E-state index contributed by atoms with van der Waals surface area (Å²) in [6.45, 7) is 1.37. The van der Waals surface area contributed by atoms with E-state index >= 15 is 0 Å². The number of nitrogens with zero attached hydrogens (tertiary/aromatic N) is 3. The first-order chi connectivity index (χ1) is 15.9. The number of nitrogens with two attached hydrogens (primary N) is 1. The van der Waals surface area contributed by atoms with Gasteiger partial charge in [-0.1, -0.05) is 15.9 Å². The Labute approximate surface area is 196 Å². The van der Waals surface area contributed by atoms with Gasteiger partial charge in [0.25, 0.3) is 11.6 Å². The Bertz CT molecular complexity index is 1120. The smallest absolute Gasteiger partial charge is 0.277 e. The highest BCUT2D eigenvalue weighted by Crippen LogP contribution is 2.36. The zero-order valence-corrected chi connectivity index (χ0v) is 19.1. The molecule has 0 fully saturated rings. The lowest BCUT2D eigenvalue weighted by molar-refractivity contribution is -0.384. The lowest BCUT2D eigenvalue weighted by Gasteiger charge is -2.17. The molecule has 0 saturated carbocycles. The van der Waals surface area contributed by atoms with Gasteiger partial charge in [0, 0.05) is 41.8 Å². The summed E-state index contributed by atoms with van der Waals surface area (Å²) in [7, 11) is 1.54. The number of amides is 1. The molecular weight excluding hydrogens is 500 g/mol. The highest BCUT2D eigenvalue weighted by Gasteiger charge is 2.17. The number of methoxy groups -OCH3 is 1. The van der Waals surface area contributed by atoms with Gasteiger partial charge in [-0.3, -0.25) is 14.9 Å². The summed E-state index contributed by atoms with van der Waals surface area (Å²) in [5.74, 6) is 0.517. The third-order valence-electron chi connectivity index (χ3n) is 4.54. The quantitative estimate of drug-likeness (QED) is 0.194. The predicted molar refractivity (Wildman–Crippen MR) is 121 cm³/mol. The fourth-order valence-corrected chi connectivity index (χ4v) is 3.30. The number of ether oxygens (including phenoxy) is 2. The van der Waals surface area contributed by atoms with Crippen molar-refractivity contribution in [1.29, 1.82) is 0 Å². The SMILES string of the molecule is COc1ccc(Br)c(CNCCNC(=O)c2nonc2N)c1OCc1ccc([N+](=O)[O-])cc1. The van der Waals surface area contributed by atoms with Gasteiger partial charge in [-0.05, 0) is 40.1 Å². The van der Waals surface area contributed by atoms with E-state index in [0.717, 1.165) is 15.6 Å². The molecule has 1 aromatic heterocycles. The maximum absolute atomic E-state index is 12.0. The highest BCUT2D eigenvalue weighted by molar-refractivity contribution is 9.10. The minimum Gasteiger partial charge on any atom is -0.493 e. The predicted octanol–water partition coefficient (Wildman–Crippen LogP) is 2.43. The Morgan fingerprint density at radius 2 is 1.97 bits per heavy atom. The van der Waals surface area contributed by atoms with Crippen molar-refractivity contribution in [2.45, 2.75) is 13.2 Å². The standard InChI is InChI=1S/C20H21BrN6O6/c1-31-16-7-6-15(21)14(10-23-8-9-24-20(28)17-19(22)26-33-25-17)18(16)32-11-12-2-4-13(5-3-12)27(29)30/h2-7,23H,8-11H2,1H3,(H2,22,26)(H,24,28). The maximum Gasteiger partial charge on any atom is 0.277 e. The summed E-state index contributed by atoms with van der Waals surface area (Å²) in [5.41, 5.74) is 7.03. The number of rotatable bonds is 11. The average molecular weight is 521 g/mol. The van der Waals surface area contributed by atoms with Crippen LogP contribution in [0.25, 0.3) is 0 Å². The monoisotopic (exact) mass is 520 g/mol. The van der Waals surface area contributed by atoms with Crippen molar-refractivity contribution >= 4 is 33.3 Å². The molecule has 0 spiro atoms. The Kier molecular flexibility index (Phi) is 8.16. The van der Waals surface area contributed by atoms with Gasteiger partial charge in [-0.25, -0.2) is 4.63 Å². The lowest BCUT2D eigenvalue weighted by Crippen LogP contribution is -2.32. The molecule has 1 amide bonds. The van der Waals surface area contributed by atoms with Crippen LogP contribution in [0.1, 0.15) is 21.6 Å². The van der Waals surface area contributed by atoms with Crippen LogP contribution in [0.2, 0.25) is 0 Å². The van der Waals surface area contributed by atoms with Crippen LogP contribution in [0.15, 0.2) is 45.5 Å². The van der Waals surface area contributed by atoms with Crippen LogP contribution >= 0.6 is 15.9 Å². The van der Waals surface area contributed by atoms with Gasteiger partial charge >= 0.3 is 0 Å². The Balaban J connectivity index is 1.59. The molecule has 3 rings (SSSR count). The van der Waals surface area contributed by atoms with E-state index in [1.165, 1.54) is 12.1 Å². The number of aromatic nitrogens is 2. The van der Waals surface area contributed by atoms with Crippen LogP contribution < -0.4 is 25.8 Å². The van der Waals surface area contributed by atoms with Crippen LogP contribution in [0.3, 0.4) is 0 Å². The highest BCUT2D eigenvalue weighted by atomic mass is 79.9. The number of nitro groups is 1. The number of nitrogens with one attached hydrogen (secondary N) is 2. The molecule has 4 N–H and O–H groups in total. The number of carbonyl (C=O) groups is 1. The normalized spacial score (nSPS) is 10.6. The van der Waals surface area contributed by atoms with Crippen LogP contribution in [0.5, 0.6) is 11.5 Å². The molecule has 33 heavy (non-hydrogen) atoms. The van der Waals surface area contributed by atoms with Gasteiger partial charge in [0.2, 0.25) is 11.5 Å². The molecule has 0 aliphatic carbocycles. The van der Waals surface area contributed by atoms with Crippen molar-refractivity contribution in [2.75, 3.05) is 25.9 Å². The number of nitro benzene ring substituents is 1. The number of non-ortho nitro benzene ring substituents is 1. The second-order valence-electron chi connectivity index (χ2n) is 6.70. The van der Waals surface area contributed by atoms with Crippen LogP contribution in [0, 0.1) is 10.1 Å². The van der Waals surface area contributed by atoms with Crippen molar-refractivity contribution in [2.24, 2.45) is 0 Å². The first-order valence-corrected chi connectivity index (χ1v) is 10.5. The minimum atomic E-state index is -0.481. The van der Waals surface area contributed by atoms with E-state index in [9.17, 15) is 14.9 Å². The number of hydrogen-bond donors (Lipinski definition) is 3. The molecule has 12 nitrogen and oxygen atoms in total. The number of benzene rings is 2. The van der Waals surface area contributed by atoms with Gasteiger partial charge in [0.1, 0.15) is 6.61 Å². The van der Waals surface area contributed by atoms with Crippen molar-refractivity contribution in [3.8, 4) is 11.5 Å².